The normalized spacial score (nSPS) is 13.8. The maximum absolute atomic E-state index is 12.6. The summed E-state index contributed by atoms with van der Waals surface area (Å²) < 4.78 is 0. The second-order valence-corrected chi connectivity index (χ2v) is 5.74. The number of hydrogen-bond acceptors (Lipinski definition) is 2. The van der Waals surface area contributed by atoms with Gasteiger partial charge in [0.05, 0.1) is 6.42 Å². The van der Waals surface area contributed by atoms with Crippen molar-refractivity contribution in [3.05, 3.63) is 29.8 Å². The lowest BCUT2D eigenvalue weighted by atomic mass is 10.2. The van der Waals surface area contributed by atoms with Crippen LogP contribution in [0.3, 0.4) is 0 Å². The van der Waals surface area contributed by atoms with Crippen molar-refractivity contribution in [2.45, 2.75) is 26.2 Å². The summed E-state index contributed by atoms with van der Waals surface area (Å²) in [5.74, 6) is -0.289. The summed E-state index contributed by atoms with van der Waals surface area (Å²) >= 11 is 0. The fourth-order valence-electron chi connectivity index (χ4n) is 2.24. The van der Waals surface area contributed by atoms with Crippen LogP contribution in [-0.2, 0) is 4.79 Å². The van der Waals surface area contributed by atoms with Crippen molar-refractivity contribution in [3.8, 4) is 0 Å². The van der Waals surface area contributed by atoms with Crippen LogP contribution in [-0.4, -0.2) is 42.1 Å². The highest BCUT2D eigenvalue weighted by atomic mass is 16.4. The van der Waals surface area contributed by atoms with Crippen LogP contribution in [0.2, 0.25) is 0 Å². The maximum Gasteiger partial charge on any atom is 0.324 e. The smallest absolute Gasteiger partial charge is 0.324 e. The number of rotatable bonds is 6. The van der Waals surface area contributed by atoms with Gasteiger partial charge >= 0.3 is 12.0 Å². The van der Waals surface area contributed by atoms with E-state index < -0.39 is 5.97 Å². The number of carboxylic acid groups (broad SMARTS) is 1. The fourth-order valence-corrected chi connectivity index (χ4v) is 2.24. The quantitative estimate of drug-likeness (QED) is 0.876. The molecule has 1 aliphatic rings. The molecule has 1 aromatic carbocycles. The zero-order chi connectivity index (χ0) is 15.4. The van der Waals surface area contributed by atoms with Gasteiger partial charge in [-0.05, 0) is 37.8 Å². The molecule has 5 nitrogen and oxygen atoms in total. The minimum atomic E-state index is -0.898. The van der Waals surface area contributed by atoms with Gasteiger partial charge in [-0.25, -0.2) is 4.79 Å². The number of hydrogen-bond donors (Lipinski definition) is 1. The molecule has 2 amide bonds. The minimum Gasteiger partial charge on any atom is -0.481 e. The van der Waals surface area contributed by atoms with E-state index >= 15 is 0 Å². The molecule has 1 aliphatic carbocycles. The zero-order valence-electron chi connectivity index (χ0n) is 12.6. The summed E-state index contributed by atoms with van der Waals surface area (Å²) in [4.78, 5) is 26.6. The number of urea groups is 1. The van der Waals surface area contributed by atoms with Crippen LogP contribution < -0.4 is 4.90 Å². The average Bonchev–Trinajstić information content (AvgIpc) is 3.24. The van der Waals surface area contributed by atoms with Gasteiger partial charge in [-0.1, -0.05) is 17.7 Å². The van der Waals surface area contributed by atoms with E-state index in [9.17, 15) is 9.59 Å². The molecule has 1 fully saturated rings. The van der Waals surface area contributed by atoms with Gasteiger partial charge in [-0.2, -0.15) is 0 Å². The van der Waals surface area contributed by atoms with Crippen LogP contribution in [0.1, 0.15) is 24.8 Å². The van der Waals surface area contributed by atoms with Crippen LogP contribution in [0.15, 0.2) is 24.3 Å². The molecular weight excluding hydrogens is 268 g/mol. The Morgan fingerprint density at radius 2 is 1.86 bits per heavy atom. The molecule has 0 saturated heterocycles. The van der Waals surface area contributed by atoms with Crippen molar-refractivity contribution >= 4 is 17.7 Å². The molecule has 0 aromatic heterocycles. The molecule has 0 aliphatic heterocycles. The number of nitrogens with zero attached hydrogens (tertiary/aromatic N) is 2. The summed E-state index contributed by atoms with van der Waals surface area (Å²) in [5, 5.41) is 8.88. The first kappa shape index (κ1) is 15.4. The standard InChI is InChI=1S/C16H22N2O3/c1-12-3-7-14(8-4-12)18(10-9-15(19)20)16(21)17(2)11-13-5-6-13/h3-4,7-8,13H,5-6,9-11H2,1-2H3,(H,19,20). The Hall–Kier alpha value is -2.04. The number of aliphatic carboxylic acids is 1. The van der Waals surface area contributed by atoms with Gasteiger partial charge in [0.15, 0.2) is 0 Å². The second kappa shape index (κ2) is 6.61. The number of anilines is 1. The third-order valence-electron chi connectivity index (χ3n) is 3.68. The Bertz CT molecular complexity index is 509. The van der Waals surface area contributed by atoms with Crippen LogP contribution in [0.5, 0.6) is 0 Å². The van der Waals surface area contributed by atoms with Gasteiger partial charge in [-0.15, -0.1) is 0 Å². The van der Waals surface area contributed by atoms with Gasteiger partial charge in [0.25, 0.3) is 0 Å². The summed E-state index contributed by atoms with van der Waals surface area (Å²) in [6.45, 7) is 2.91. The van der Waals surface area contributed by atoms with Crippen molar-refractivity contribution in [2.24, 2.45) is 5.92 Å². The molecule has 0 radical (unpaired) electrons. The van der Waals surface area contributed by atoms with Crippen molar-refractivity contribution in [1.82, 2.24) is 4.90 Å². The third kappa shape index (κ3) is 4.48. The van der Waals surface area contributed by atoms with Crippen LogP contribution in [0.25, 0.3) is 0 Å². The lowest BCUT2D eigenvalue weighted by molar-refractivity contribution is -0.136. The number of aryl methyl sites for hydroxylation is 1. The SMILES string of the molecule is Cc1ccc(N(CCC(=O)O)C(=O)N(C)CC2CC2)cc1. The molecule has 0 heterocycles. The Balaban J connectivity index is 2.11. The van der Waals surface area contributed by atoms with Crippen molar-refractivity contribution < 1.29 is 14.7 Å². The lowest BCUT2D eigenvalue weighted by Gasteiger charge is -2.28. The first-order valence-corrected chi connectivity index (χ1v) is 7.28. The number of amides is 2. The van der Waals surface area contributed by atoms with Crippen LogP contribution in [0, 0.1) is 12.8 Å². The predicted molar refractivity (Wildman–Crippen MR) is 81.5 cm³/mol. The van der Waals surface area contributed by atoms with E-state index in [0.717, 1.165) is 17.8 Å². The van der Waals surface area contributed by atoms with Crippen LogP contribution >= 0.6 is 0 Å². The Kier molecular flexibility index (Phi) is 4.83. The highest BCUT2D eigenvalue weighted by molar-refractivity contribution is 5.92. The average molecular weight is 290 g/mol. The van der Waals surface area contributed by atoms with Crippen molar-refractivity contribution in [3.63, 3.8) is 0 Å². The predicted octanol–water partition coefficient (Wildman–Crippen LogP) is 2.74. The monoisotopic (exact) mass is 290 g/mol. The summed E-state index contributed by atoms with van der Waals surface area (Å²) in [6.07, 6.45) is 2.30. The maximum atomic E-state index is 12.6. The topological polar surface area (TPSA) is 60.9 Å². The third-order valence-corrected chi connectivity index (χ3v) is 3.68. The molecular formula is C16H22N2O3. The van der Waals surface area contributed by atoms with Gasteiger partial charge < -0.3 is 10.0 Å². The first-order valence-electron chi connectivity index (χ1n) is 7.28. The highest BCUT2D eigenvalue weighted by Gasteiger charge is 2.27. The second-order valence-electron chi connectivity index (χ2n) is 5.74. The Morgan fingerprint density at radius 1 is 1.24 bits per heavy atom. The Labute approximate surface area is 125 Å². The van der Waals surface area contributed by atoms with E-state index in [1.54, 1.807) is 16.8 Å². The van der Waals surface area contributed by atoms with Crippen molar-refractivity contribution in [2.75, 3.05) is 25.0 Å². The highest BCUT2D eigenvalue weighted by Crippen LogP contribution is 2.30. The molecule has 2 rings (SSSR count). The van der Waals surface area contributed by atoms with E-state index in [1.807, 2.05) is 31.2 Å². The number of carbonyl (C=O) groups excluding carboxylic acids is 1. The van der Waals surface area contributed by atoms with Gasteiger partial charge in [0.2, 0.25) is 0 Å². The molecule has 114 valence electrons. The van der Waals surface area contributed by atoms with E-state index in [4.69, 9.17) is 5.11 Å². The van der Waals surface area contributed by atoms with E-state index in [0.29, 0.717) is 5.92 Å². The van der Waals surface area contributed by atoms with Gasteiger partial charge in [0.1, 0.15) is 0 Å². The zero-order valence-corrected chi connectivity index (χ0v) is 12.6. The number of benzene rings is 1. The van der Waals surface area contributed by atoms with Gasteiger partial charge in [0, 0.05) is 25.8 Å². The van der Waals surface area contributed by atoms with E-state index in [2.05, 4.69) is 0 Å². The molecule has 5 heteroatoms. The molecule has 0 atom stereocenters. The number of carbonyl (C=O) groups is 2. The first-order chi connectivity index (χ1) is 9.97. The molecule has 21 heavy (non-hydrogen) atoms. The number of carboxylic acids is 1. The fraction of sp³-hybridized carbons (Fsp3) is 0.500. The summed E-state index contributed by atoms with van der Waals surface area (Å²) in [6, 6.07) is 7.45. The van der Waals surface area contributed by atoms with Crippen LogP contribution in [0.4, 0.5) is 10.5 Å². The summed E-state index contributed by atoms with van der Waals surface area (Å²) in [5.41, 5.74) is 1.85. The largest absolute Gasteiger partial charge is 0.481 e. The minimum absolute atomic E-state index is 0.0586. The van der Waals surface area contributed by atoms with E-state index in [-0.39, 0.29) is 19.0 Å². The summed E-state index contributed by atoms with van der Waals surface area (Å²) in [7, 11) is 1.78. The molecule has 1 saturated carbocycles. The Morgan fingerprint density at radius 3 is 2.38 bits per heavy atom. The molecule has 1 aromatic rings. The lowest BCUT2D eigenvalue weighted by Crippen LogP contribution is -2.43. The molecule has 0 unspecified atom stereocenters. The van der Waals surface area contributed by atoms with E-state index in [1.165, 1.54) is 12.8 Å². The van der Waals surface area contributed by atoms with Crippen molar-refractivity contribution in [1.29, 1.82) is 0 Å². The molecule has 0 spiro atoms. The molecule has 1 N–H and O–H groups in total. The van der Waals surface area contributed by atoms with Gasteiger partial charge in [-0.3, -0.25) is 9.69 Å². The molecule has 0 bridgehead atoms.